The smallest absolute Gasteiger partial charge is 0.195 e. The maximum Gasteiger partial charge on any atom is 0.195 e. The van der Waals surface area contributed by atoms with Crippen molar-refractivity contribution in [3.05, 3.63) is 33.8 Å². The minimum absolute atomic E-state index is 0.543. The lowest BCUT2D eigenvalue weighted by Gasteiger charge is -2.22. The number of aliphatic imine (C=N–C) groups is 1. The van der Waals surface area contributed by atoms with Gasteiger partial charge in [0.05, 0.1) is 6.54 Å². The van der Waals surface area contributed by atoms with Gasteiger partial charge >= 0.3 is 0 Å². The third kappa shape index (κ3) is 4.10. The summed E-state index contributed by atoms with van der Waals surface area (Å²) in [5.41, 5.74) is 0.970. The van der Waals surface area contributed by atoms with Crippen LogP contribution < -0.4 is 0 Å². The van der Waals surface area contributed by atoms with Gasteiger partial charge in [0, 0.05) is 38.2 Å². The molecule has 1 aromatic carbocycles. The molecule has 0 atom stereocenters. The molecule has 0 heterocycles. The summed E-state index contributed by atoms with van der Waals surface area (Å²) in [6, 6.07) is 5.46. The Bertz CT molecular complexity index is 404. The molecule has 0 saturated heterocycles. The first kappa shape index (κ1) is 14.1. The van der Waals surface area contributed by atoms with E-state index in [1.807, 2.05) is 50.1 Å². The van der Waals surface area contributed by atoms with Crippen LogP contribution in [0.5, 0.6) is 0 Å². The maximum absolute atomic E-state index is 6.09. The molecule has 0 bridgehead atoms. The Balaban J connectivity index is 2.87. The fraction of sp³-hybridized carbons (Fsp3) is 0.417. The molecule has 17 heavy (non-hydrogen) atoms. The Labute approximate surface area is 113 Å². The molecule has 0 aliphatic heterocycles. The standard InChI is InChI=1S/C12H17Cl2N3/c1-16(2)12(17(3)4)15-8-9-5-6-10(13)7-11(9)14/h5-7H,8H2,1-4H3. The molecular weight excluding hydrogens is 257 g/mol. The number of nitrogens with zero attached hydrogens (tertiary/aromatic N) is 3. The number of hydrogen-bond acceptors (Lipinski definition) is 1. The van der Waals surface area contributed by atoms with Crippen LogP contribution in [-0.2, 0) is 6.54 Å². The zero-order valence-electron chi connectivity index (χ0n) is 10.5. The van der Waals surface area contributed by atoms with Crippen molar-refractivity contribution in [2.75, 3.05) is 28.2 Å². The highest BCUT2D eigenvalue weighted by Crippen LogP contribution is 2.21. The van der Waals surface area contributed by atoms with E-state index in [0.717, 1.165) is 11.5 Å². The third-order valence-corrected chi connectivity index (χ3v) is 2.79. The lowest BCUT2D eigenvalue weighted by atomic mass is 10.2. The molecule has 0 aliphatic rings. The van der Waals surface area contributed by atoms with Crippen molar-refractivity contribution in [1.82, 2.24) is 9.80 Å². The Morgan fingerprint density at radius 3 is 2.18 bits per heavy atom. The summed E-state index contributed by atoms with van der Waals surface area (Å²) >= 11 is 11.9. The van der Waals surface area contributed by atoms with Crippen LogP contribution in [0, 0.1) is 0 Å². The Morgan fingerprint density at radius 1 is 1.12 bits per heavy atom. The summed E-state index contributed by atoms with van der Waals surface area (Å²) in [5, 5.41) is 1.29. The van der Waals surface area contributed by atoms with Gasteiger partial charge in [-0.1, -0.05) is 29.3 Å². The number of benzene rings is 1. The lowest BCUT2D eigenvalue weighted by molar-refractivity contribution is 0.479. The monoisotopic (exact) mass is 273 g/mol. The number of rotatable bonds is 2. The molecular formula is C12H17Cl2N3. The first-order valence-corrected chi connectivity index (χ1v) is 6.00. The number of hydrogen-bond donors (Lipinski definition) is 0. The van der Waals surface area contributed by atoms with E-state index in [9.17, 15) is 0 Å². The van der Waals surface area contributed by atoms with E-state index in [4.69, 9.17) is 23.2 Å². The van der Waals surface area contributed by atoms with E-state index < -0.39 is 0 Å². The topological polar surface area (TPSA) is 18.8 Å². The molecule has 0 amide bonds. The molecule has 0 aromatic heterocycles. The quantitative estimate of drug-likeness (QED) is 0.610. The van der Waals surface area contributed by atoms with Gasteiger partial charge in [-0.3, -0.25) is 0 Å². The average Bonchev–Trinajstić information content (AvgIpc) is 2.20. The second kappa shape index (κ2) is 6.12. The fourth-order valence-corrected chi connectivity index (χ4v) is 1.96. The molecule has 1 aromatic rings. The van der Waals surface area contributed by atoms with Crippen molar-refractivity contribution >= 4 is 29.2 Å². The highest BCUT2D eigenvalue weighted by atomic mass is 35.5. The molecule has 1 rings (SSSR count). The number of guanidine groups is 1. The molecule has 3 nitrogen and oxygen atoms in total. The fourth-order valence-electron chi connectivity index (χ4n) is 1.49. The predicted molar refractivity (Wildman–Crippen MR) is 75.0 cm³/mol. The van der Waals surface area contributed by atoms with Crippen LogP contribution in [0.25, 0.3) is 0 Å². The van der Waals surface area contributed by atoms with Gasteiger partial charge in [-0.15, -0.1) is 0 Å². The summed E-state index contributed by atoms with van der Waals surface area (Å²) in [7, 11) is 7.84. The zero-order chi connectivity index (χ0) is 13.0. The molecule has 0 saturated carbocycles. The van der Waals surface area contributed by atoms with Crippen molar-refractivity contribution < 1.29 is 0 Å². The van der Waals surface area contributed by atoms with E-state index in [1.54, 1.807) is 6.07 Å². The molecule has 0 N–H and O–H groups in total. The van der Waals surface area contributed by atoms with Gasteiger partial charge in [-0.25, -0.2) is 4.99 Å². The molecule has 0 radical (unpaired) electrons. The van der Waals surface area contributed by atoms with Gasteiger partial charge in [-0.05, 0) is 17.7 Å². The van der Waals surface area contributed by atoms with Gasteiger partial charge in [0.2, 0.25) is 0 Å². The van der Waals surface area contributed by atoms with Crippen LogP contribution in [0.4, 0.5) is 0 Å². The molecule has 5 heteroatoms. The largest absolute Gasteiger partial charge is 0.349 e. The van der Waals surface area contributed by atoms with Gasteiger partial charge in [-0.2, -0.15) is 0 Å². The first-order chi connectivity index (χ1) is 7.91. The number of halogens is 2. The van der Waals surface area contributed by atoms with Crippen molar-refractivity contribution in [1.29, 1.82) is 0 Å². The van der Waals surface area contributed by atoms with Gasteiger partial charge < -0.3 is 9.80 Å². The maximum atomic E-state index is 6.09. The van der Waals surface area contributed by atoms with Gasteiger partial charge in [0.25, 0.3) is 0 Å². The third-order valence-electron chi connectivity index (χ3n) is 2.21. The minimum atomic E-state index is 0.543. The van der Waals surface area contributed by atoms with Crippen LogP contribution in [0.3, 0.4) is 0 Å². The molecule has 0 fully saturated rings. The summed E-state index contributed by atoms with van der Waals surface area (Å²) in [4.78, 5) is 8.45. The van der Waals surface area contributed by atoms with Gasteiger partial charge in [0.1, 0.15) is 0 Å². The molecule has 0 aliphatic carbocycles. The Kier molecular flexibility index (Phi) is 5.09. The highest BCUT2D eigenvalue weighted by molar-refractivity contribution is 6.35. The second-order valence-electron chi connectivity index (χ2n) is 4.14. The van der Waals surface area contributed by atoms with E-state index in [0.29, 0.717) is 16.6 Å². The van der Waals surface area contributed by atoms with Crippen LogP contribution in [0.1, 0.15) is 5.56 Å². The second-order valence-corrected chi connectivity index (χ2v) is 4.98. The molecule has 0 unspecified atom stereocenters. The predicted octanol–water partition coefficient (Wildman–Crippen LogP) is 2.97. The Morgan fingerprint density at radius 2 is 1.71 bits per heavy atom. The SMILES string of the molecule is CN(C)C(=NCc1ccc(Cl)cc1Cl)N(C)C. The van der Waals surface area contributed by atoms with Crippen molar-refractivity contribution in [2.24, 2.45) is 4.99 Å². The van der Waals surface area contributed by atoms with Crippen molar-refractivity contribution in [3.63, 3.8) is 0 Å². The highest BCUT2D eigenvalue weighted by Gasteiger charge is 2.05. The van der Waals surface area contributed by atoms with E-state index >= 15 is 0 Å². The van der Waals surface area contributed by atoms with Gasteiger partial charge in [0.15, 0.2) is 5.96 Å². The van der Waals surface area contributed by atoms with Crippen LogP contribution in [0.2, 0.25) is 10.0 Å². The van der Waals surface area contributed by atoms with E-state index in [-0.39, 0.29) is 0 Å². The van der Waals surface area contributed by atoms with Crippen molar-refractivity contribution in [3.8, 4) is 0 Å². The normalized spacial score (nSPS) is 10.0. The Hall–Kier alpha value is -0.930. The van der Waals surface area contributed by atoms with E-state index in [2.05, 4.69) is 4.99 Å². The summed E-state index contributed by atoms with van der Waals surface area (Å²) < 4.78 is 0. The lowest BCUT2D eigenvalue weighted by Crippen LogP contribution is -2.35. The summed E-state index contributed by atoms with van der Waals surface area (Å²) in [6.45, 7) is 0.543. The van der Waals surface area contributed by atoms with Crippen molar-refractivity contribution in [2.45, 2.75) is 6.54 Å². The molecule has 94 valence electrons. The van der Waals surface area contributed by atoms with E-state index in [1.165, 1.54) is 0 Å². The van der Waals surface area contributed by atoms with Crippen LogP contribution >= 0.6 is 23.2 Å². The first-order valence-electron chi connectivity index (χ1n) is 5.25. The van der Waals surface area contributed by atoms with Crippen LogP contribution in [0.15, 0.2) is 23.2 Å². The minimum Gasteiger partial charge on any atom is -0.349 e. The summed E-state index contributed by atoms with van der Waals surface area (Å²) in [5.74, 6) is 0.899. The zero-order valence-corrected chi connectivity index (χ0v) is 12.0. The van der Waals surface area contributed by atoms with Crippen LogP contribution in [-0.4, -0.2) is 44.0 Å². The average molecular weight is 274 g/mol. The molecule has 0 spiro atoms. The summed E-state index contributed by atoms with van der Waals surface area (Å²) in [6.07, 6.45) is 0.